The van der Waals surface area contributed by atoms with E-state index in [2.05, 4.69) is 0 Å². The highest BCUT2D eigenvalue weighted by molar-refractivity contribution is 6.25. The number of carbonyl (C=O) groups is 3. The van der Waals surface area contributed by atoms with Crippen molar-refractivity contribution in [3.8, 4) is 0 Å². The second-order valence-electron chi connectivity index (χ2n) is 4.42. The molecule has 0 radical (unpaired) electrons. The van der Waals surface area contributed by atoms with Crippen molar-refractivity contribution in [1.29, 1.82) is 0 Å². The number of ether oxygens (including phenoxy) is 2. The maximum Gasteiger partial charge on any atom is 0.341 e. The molecule has 0 N–H and O–H groups in total. The Labute approximate surface area is 104 Å². The Morgan fingerprint density at radius 1 is 1.44 bits per heavy atom. The second kappa shape index (κ2) is 3.88. The molecular formula is C13H14O5. The van der Waals surface area contributed by atoms with Gasteiger partial charge in [-0.3, -0.25) is 9.59 Å². The van der Waals surface area contributed by atoms with E-state index in [9.17, 15) is 14.4 Å². The molecule has 18 heavy (non-hydrogen) atoms. The molecule has 0 amide bonds. The van der Waals surface area contributed by atoms with E-state index in [4.69, 9.17) is 9.47 Å². The molecule has 5 heteroatoms. The van der Waals surface area contributed by atoms with Crippen LogP contribution in [0.2, 0.25) is 0 Å². The highest BCUT2D eigenvalue weighted by Gasteiger charge is 2.74. The van der Waals surface area contributed by atoms with Crippen LogP contribution in [0.25, 0.3) is 0 Å². The van der Waals surface area contributed by atoms with Gasteiger partial charge in [0.25, 0.3) is 0 Å². The van der Waals surface area contributed by atoms with Crippen molar-refractivity contribution in [3.05, 3.63) is 23.8 Å². The number of allylic oxidation sites excluding steroid dienone is 2. The molecule has 0 bridgehead atoms. The van der Waals surface area contributed by atoms with Gasteiger partial charge < -0.3 is 9.47 Å². The number of carbonyl (C=O) groups excluding carboxylic acids is 3. The molecule has 1 heterocycles. The Morgan fingerprint density at radius 3 is 2.61 bits per heavy atom. The summed E-state index contributed by atoms with van der Waals surface area (Å²) in [5.74, 6) is -1.45. The molecule has 0 saturated carbocycles. The van der Waals surface area contributed by atoms with Crippen LogP contribution in [0.5, 0.6) is 0 Å². The standard InChI is InChI=1S/C13H14O5/c1-4-17-11(16)9-6-5-7-13(10(9)15)12(3,18-13)8(2)14/h5-7H,4H2,1-3H3/t12-,13?/m0/s1. The highest BCUT2D eigenvalue weighted by Crippen LogP contribution is 2.52. The number of epoxide rings is 1. The fraction of sp³-hybridized carbons (Fsp3) is 0.462. The molecule has 1 unspecified atom stereocenters. The van der Waals surface area contributed by atoms with Gasteiger partial charge in [0.15, 0.2) is 17.0 Å². The van der Waals surface area contributed by atoms with Gasteiger partial charge in [0.2, 0.25) is 5.78 Å². The summed E-state index contributed by atoms with van der Waals surface area (Å²) in [4.78, 5) is 35.4. The van der Waals surface area contributed by atoms with Crippen LogP contribution in [0.4, 0.5) is 0 Å². The largest absolute Gasteiger partial charge is 0.462 e. The van der Waals surface area contributed by atoms with Crippen LogP contribution in [0.3, 0.4) is 0 Å². The number of rotatable bonds is 3. The van der Waals surface area contributed by atoms with E-state index in [1.54, 1.807) is 19.9 Å². The predicted molar refractivity (Wildman–Crippen MR) is 61.8 cm³/mol. The van der Waals surface area contributed by atoms with Crippen LogP contribution in [0.15, 0.2) is 23.8 Å². The predicted octanol–water partition coefficient (Wildman–Crippen LogP) is 0.732. The average molecular weight is 250 g/mol. The summed E-state index contributed by atoms with van der Waals surface area (Å²) in [5, 5.41) is 0. The molecule has 1 spiro atoms. The number of Topliss-reactive ketones (excluding diaryl/α,β-unsaturated/α-hetero) is 2. The minimum Gasteiger partial charge on any atom is -0.462 e. The fourth-order valence-corrected chi connectivity index (χ4v) is 2.09. The van der Waals surface area contributed by atoms with Crippen LogP contribution < -0.4 is 0 Å². The first-order valence-corrected chi connectivity index (χ1v) is 5.71. The van der Waals surface area contributed by atoms with Gasteiger partial charge >= 0.3 is 5.97 Å². The van der Waals surface area contributed by atoms with Gasteiger partial charge in [0.1, 0.15) is 5.57 Å². The summed E-state index contributed by atoms with van der Waals surface area (Å²) in [6.07, 6.45) is 4.44. The molecule has 1 fully saturated rings. The zero-order chi connectivity index (χ0) is 13.6. The Kier molecular flexibility index (Phi) is 2.74. The molecule has 2 aliphatic rings. The van der Waals surface area contributed by atoms with Crippen molar-refractivity contribution in [2.45, 2.75) is 32.0 Å². The van der Waals surface area contributed by atoms with E-state index >= 15 is 0 Å². The molecule has 0 aromatic heterocycles. The van der Waals surface area contributed by atoms with E-state index in [-0.39, 0.29) is 18.0 Å². The van der Waals surface area contributed by atoms with Crippen LogP contribution in [0, 0.1) is 0 Å². The minimum absolute atomic E-state index is 0.0793. The summed E-state index contributed by atoms with van der Waals surface area (Å²) < 4.78 is 10.1. The van der Waals surface area contributed by atoms with E-state index < -0.39 is 23.0 Å². The minimum atomic E-state index is -1.32. The van der Waals surface area contributed by atoms with Gasteiger partial charge in [-0.2, -0.15) is 0 Å². The third kappa shape index (κ3) is 1.47. The molecule has 1 aliphatic heterocycles. The topological polar surface area (TPSA) is 73.0 Å². The summed E-state index contributed by atoms with van der Waals surface area (Å²) in [6, 6.07) is 0. The highest BCUT2D eigenvalue weighted by atomic mass is 16.6. The SMILES string of the molecule is CCOC(=O)C1=CC=CC2(O[C@@]2(C)C(C)=O)C1=O. The summed E-state index contributed by atoms with van der Waals surface area (Å²) in [7, 11) is 0. The Bertz CT molecular complexity index is 502. The van der Waals surface area contributed by atoms with Gasteiger partial charge in [0.05, 0.1) is 6.61 Å². The zero-order valence-electron chi connectivity index (χ0n) is 10.5. The maximum atomic E-state index is 12.2. The summed E-state index contributed by atoms with van der Waals surface area (Å²) in [6.45, 7) is 4.75. The van der Waals surface area contributed by atoms with Crippen molar-refractivity contribution in [1.82, 2.24) is 0 Å². The third-order valence-electron chi connectivity index (χ3n) is 3.38. The van der Waals surface area contributed by atoms with Crippen LogP contribution >= 0.6 is 0 Å². The lowest BCUT2D eigenvalue weighted by Crippen LogP contribution is -2.39. The van der Waals surface area contributed by atoms with Crippen molar-refractivity contribution in [2.75, 3.05) is 6.61 Å². The Balaban J connectivity index is 2.30. The molecule has 2 atom stereocenters. The van der Waals surface area contributed by atoms with Gasteiger partial charge in [-0.15, -0.1) is 0 Å². The molecular weight excluding hydrogens is 236 g/mol. The zero-order valence-corrected chi connectivity index (χ0v) is 10.5. The van der Waals surface area contributed by atoms with Crippen LogP contribution in [0.1, 0.15) is 20.8 Å². The first kappa shape index (κ1) is 12.7. The molecule has 5 nitrogen and oxygen atoms in total. The van der Waals surface area contributed by atoms with Gasteiger partial charge in [-0.25, -0.2) is 4.79 Å². The third-order valence-corrected chi connectivity index (χ3v) is 3.38. The molecule has 2 rings (SSSR count). The number of ketones is 2. The Hall–Kier alpha value is -1.75. The van der Waals surface area contributed by atoms with Crippen molar-refractivity contribution < 1.29 is 23.9 Å². The molecule has 1 saturated heterocycles. The monoisotopic (exact) mass is 250 g/mol. The first-order chi connectivity index (χ1) is 8.39. The quantitative estimate of drug-likeness (QED) is 0.419. The lowest BCUT2D eigenvalue weighted by Gasteiger charge is -2.15. The first-order valence-electron chi connectivity index (χ1n) is 5.71. The fourth-order valence-electron chi connectivity index (χ4n) is 2.09. The van der Waals surface area contributed by atoms with E-state index in [0.29, 0.717) is 0 Å². The lowest BCUT2D eigenvalue weighted by molar-refractivity contribution is -0.140. The van der Waals surface area contributed by atoms with E-state index in [1.165, 1.54) is 19.1 Å². The Morgan fingerprint density at radius 2 is 2.11 bits per heavy atom. The summed E-state index contributed by atoms with van der Waals surface area (Å²) in [5.41, 5.74) is -2.58. The lowest BCUT2D eigenvalue weighted by atomic mass is 9.82. The van der Waals surface area contributed by atoms with Crippen molar-refractivity contribution >= 4 is 17.5 Å². The maximum absolute atomic E-state index is 12.2. The number of esters is 1. The molecule has 0 aromatic carbocycles. The molecule has 96 valence electrons. The number of hydrogen-bond acceptors (Lipinski definition) is 5. The van der Waals surface area contributed by atoms with Gasteiger partial charge in [-0.05, 0) is 32.9 Å². The van der Waals surface area contributed by atoms with Crippen LogP contribution in [-0.2, 0) is 23.9 Å². The molecule has 0 aromatic rings. The van der Waals surface area contributed by atoms with Gasteiger partial charge in [-0.1, -0.05) is 6.08 Å². The second-order valence-corrected chi connectivity index (χ2v) is 4.42. The van der Waals surface area contributed by atoms with Gasteiger partial charge in [0, 0.05) is 0 Å². The van der Waals surface area contributed by atoms with E-state index in [1.807, 2.05) is 0 Å². The molecule has 1 aliphatic carbocycles. The smallest absolute Gasteiger partial charge is 0.341 e. The summed E-state index contributed by atoms with van der Waals surface area (Å²) >= 11 is 0. The number of hydrogen-bond donors (Lipinski definition) is 0. The normalized spacial score (nSPS) is 33.3. The average Bonchev–Trinajstić information content (AvgIpc) is 2.91. The van der Waals surface area contributed by atoms with E-state index in [0.717, 1.165) is 0 Å². The van der Waals surface area contributed by atoms with Crippen molar-refractivity contribution in [3.63, 3.8) is 0 Å². The van der Waals surface area contributed by atoms with Crippen molar-refractivity contribution in [2.24, 2.45) is 0 Å². The van der Waals surface area contributed by atoms with Crippen LogP contribution in [-0.4, -0.2) is 35.3 Å².